The average Bonchev–Trinajstić information content (AvgIpc) is 2.80. The maximum absolute atomic E-state index is 11.1. The van der Waals surface area contributed by atoms with E-state index in [2.05, 4.69) is 11.1 Å². The molecule has 0 spiro atoms. The molecule has 1 aromatic carbocycles. The second-order valence-corrected chi connectivity index (χ2v) is 6.36. The van der Waals surface area contributed by atoms with E-state index >= 15 is 0 Å². The van der Waals surface area contributed by atoms with Crippen LogP contribution < -0.4 is 0 Å². The zero-order valence-electron chi connectivity index (χ0n) is 11.3. The molecule has 0 saturated heterocycles. The molecule has 0 saturated carbocycles. The Morgan fingerprint density at radius 3 is 2.95 bits per heavy atom. The highest BCUT2D eigenvalue weighted by Gasteiger charge is 2.17. The molecule has 0 radical (unpaired) electrons. The van der Waals surface area contributed by atoms with Crippen molar-refractivity contribution in [1.82, 2.24) is 4.98 Å². The lowest BCUT2D eigenvalue weighted by atomic mass is 10.2. The first-order valence-corrected chi connectivity index (χ1v) is 7.80. The molecule has 1 aromatic heterocycles. The van der Waals surface area contributed by atoms with Crippen LogP contribution in [0.2, 0.25) is 0 Å². The molecule has 6 heteroatoms. The molecule has 1 heterocycles. The minimum atomic E-state index is -0.943. The van der Waals surface area contributed by atoms with E-state index in [0.717, 1.165) is 9.90 Å². The number of rotatable bonds is 6. The minimum absolute atomic E-state index is 0.229. The summed E-state index contributed by atoms with van der Waals surface area (Å²) in [6, 6.07) is 8.21. The van der Waals surface area contributed by atoms with E-state index in [-0.39, 0.29) is 11.5 Å². The molecule has 0 aliphatic heterocycles. The summed E-state index contributed by atoms with van der Waals surface area (Å²) < 4.78 is 4.98. The Balaban J connectivity index is 2.09. The topological polar surface area (TPSA) is 59.4 Å². The highest BCUT2D eigenvalue weighted by Crippen LogP contribution is 2.27. The van der Waals surface area contributed by atoms with E-state index < -0.39 is 5.97 Å². The van der Waals surface area contributed by atoms with Gasteiger partial charge in [-0.1, -0.05) is 17.7 Å². The van der Waals surface area contributed by atoms with Crippen LogP contribution >= 0.6 is 23.1 Å². The zero-order valence-corrected chi connectivity index (χ0v) is 12.9. The summed E-state index contributed by atoms with van der Waals surface area (Å²) >= 11 is 2.87. The Morgan fingerprint density at radius 2 is 2.30 bits per heavy atom. The number of hydrogen-bond donors (Lipinski definition) is 1. The van der Waals surface area contributed by atoms with Crippen LogP contribution in [0.15, 0.2) is 29.2 Å². The molecule has 0 aliphatic rings. The molecular formula is C14H15NO3S2. The van der Waals surface area contributed by atoms with Gasteiger partial charge in [0.1, 0.15) is 9.88 Å². The van der Waals surface area contributed by atoms with Crippen molar-refractivity contribution in [2.75, 3.05) is 7.11 Å². The van der Waals surface area contributed by atoms with Crippen molar-refractivity contribution >= 4 is 29.1 Å². The summed E-state index contributed by atoms with van der Waals surface area (Å²) in [5, 5.41) is 9.94. The van der Waals surface area contributed by atoms with Gasteiger partial charge in [-0.15, -0.1) is 23.1 Å². The van der Waals surface area contributed by atoms with Crippen LogP contribution in [0.5, 0.6) is 0 Å². The van der Waals surface area contributed by atoms with Crippen LogP contribution in [0.3, 0.4) is 0 Å². The lowest BCUT2D eigenvalue weighted by Crippen LogP contribution is -1.99. The van der Waals surface area contributed by atoms with Gasteiger partial charge in [0.05, 0.1) is 18.1 Å². The zero-order chi connectivity index (χ0) is 14.5. The predicted molar refractivity (Wildman–Crippen MR) is 80.5 cm³/mol. The number of thioether (sulfide) groups is 1. The van der Waals surface area contributed by atoms with E-state index in [1.54, 1.807) is 11.8 Å². The van der Waals surface area contributed by atoms with Crippen molar-refractivity contribution in [3.63, 3.8) is 0 Å². The molecule has 2 rings (SSSR count). The molecule has 0 amide bonds. The molecule has 4 nitrogen and oxygen atoms in total. The van der Waals surface area contributed by atoms with E-state index in [1.165, 1.54) is 24.0 Å². The lowest BCUT2D eigenvalue weighted by Gasteiger charge is -2.00. The number of carboxylic acids is 1. The van der Waals surface area contributed by atoms with Gasteiger partial charge in [-0.25, -0.2) is 9.78 Å². The summed E-state index contributed by atoms with van der Waals surface area (Å²) in [6.45, 7) is 2.28. The van der Waals surface area contributed by atoms with E-state index in [9.17, 15) is 4.79 Å². The van der Waals surface area contributed by atoms with Crippen LogP contribution in [0, 0.1) is 6.92 Å². The molecule has 2 aromatic rings. The normalized spacial score (nSPS) is 10.7. The molecule has 1 N–H and O–H groups in total. The number of carbonyl (C=O) groups is 1. The number of aromatic nitrogens is 1. The Hall–Kier alpha value is -1.37. The molecular weight excluding hydrogens is 294 g/mol. The number of ether oxygens (including phenoxy) is 1. The summed E-state index contributed by atoms with van der Waals surface area (Å²) in [4.78, 5) is 16.9. The number of nitrogens with zero attached hydrogens (tertiary/aromatic N) is 1. The van der Waals surface area contributed by atoms with Gasteiger partial charge in [-0.3, -0.25) is 0 Å². The third-order valence-electron chi connectivity index (χ3n) is 2.57. The maximum Gasteiger partial charge on any atom is 0.347 e. The van der Waals surface area contributed by atoms with Gasteiger partial charge >= 0.3 is 5.97 Å². The maximum atomic E-state index is 11.1. The first kappa shape index (κ1) is 15.0. The Kier molecular flexibility index (Phi) is 5.17. The van der Waals surface area contributed by atoms with Crippen molar-refractivity contribution < 1.29 is 14.6 Å². The predicted octanol–water partition coefficient (Wildman–Crippen LogP) is 3.59. The monoisotopic (exact) mass is 309 g/mol. The molecule has 0 aliphatic carbocycles. The Bertz CT molecular complexity index is 610. The van der Waals surface area contributed by atoms with Gasteiger partial charge in [-0.2, -0.15) is 0 Å². The number of thiazole rings is 1. The number of aryl methyl sites for hydroxylation is 1. The standard InChI is InChI=1S/C14H15NO3S2/c1-9-4-3-5-10(6-9)19-8-12-15-11(7-18-2)13(20-12)14(16)17/h3-6H,7-8H2,1-2H3,(H,16,17). The van der Waals surface area contributed by atoms with Gasteiger partial charge in [0.2, 0.25) is 0 Å². The molecule has 106 valence electrons. The quantitative estimate of drug-likeness (QED) is 0.826. The fraction of sp³-hybridized carbons (Fsp3) is 0.286. The SMILES string of the molecule is COCc1nc(CSc2cccc(C)c2)sc1C(=O)O. The molecule has 20 heavy (non-hydrogen) atoms. The summed E-state index contributed by atoms with van der Waals surface area (Å²) in [5.74, 6) is -0.278. The fourth-order valence-corrected chi connectivity index (χ4v) is 3.63. The highest BCUT2D eigenvalue weighted by atomic mass is 32.2. The van der Waals surface area contributed by atoms with Gasteiger partial charge in [0, 0.05) is 12.0 Å². The van der Waals surface area contributed by atoms with Crippen molar-refractivity contribution in [3.05, 3.63) is 45.4 Å². The molecule has 0 bridgehead atoms. The highest BCUT2D eigenvalue weighted by molar-refractivity contribution is 7.98. The molecule has 0 atom stereocenters. The first-order chi connectivity index (χ1) is 9.60. The minimum Gasteiger partial charge on any atom is -0.477 e. The van der Waals surface area contributed by atoms with E-state index in [0.29, 0.717) is 11.4 Å². The van der Waals surface area contributed by atoms with E-state index in [4.69, 9.17) is 9.84 Å². The van der Waals surface area contributed by atoms with Gasteiger partial charge in [0.15, 0.2) is 0 Å². The summed E-state index contributed by atoms with van der Waals surface area (Å²) in [6.07, 6.45) is 0. The summed E-state index contributed by atoms with van der Waals surface area (Å²) in [7, 11) is 1.53. The largest absolute Gasteiger partial charge is 0.477 e. The average molecular weight is 309 g/mol. The number of methoxy groups -OCH3 is 1. The number of carboxylic acid groups (broad SMARTS) is 1. The van der Waals surface area contributed by atoms with Crippen LogP contribution in [-0.2, 0) is 17.1 Å². The van der Waals surface area contributed by atoms with Crippen LogP contribution in [-0.4, -0.2) is 23.2 Å². The second kappa shape index (κ2) is 6.88. The summed E-state index contributed by atoms with van der Waals surface area (Å²) in [5.41, 5.74) is 1.71. The van der Waals surface area contributed by atoms with Gasteiger partial charge in [0.25, 0.3) is 0 Å². The van der Waals surface area contributed by atoms with Crippen molar-refractivity contribution in [3.8, 4) is 0 Å². The smallest absolute Gasteiger partial charge is 0.347 e. The van der Waals surface area contributed by atoms with Crippen LogP contribution in [0.4, 0.5) is 0 Å². The number of aromatic carboxylic acids is 1. The molecule has 0 unspecified atom stereocenters. The second-order valence-electron chi connectivity index (χ2n) is 4.23. The van der Waals surface area contributed by atoms with Crippen LogP contribution in [0.25, 0.3) is 0 Å². The lowest BCUT2D eigenvalue weighted by molar-refractivity contribution is 0.0697. The molecule has 0 fully saturated rings. The van der Waals surface area contributed by atoms with Crippen molar-refractivity contribution in [1.29, 1.82) is 0 Å². The van der Waals surface area contributed by atoms with Crippen molar-refractivity contribution in [2.45, 2.75) is 24.2 Å². The first-order valence-electron chi connectivity index (χ1n) is 6.00. The fourth-order valence-electron chi connectivity index (χ4n) is 1.71. The van der Waals surface area contributed by atoms with Crippen molar-refractivity contribution in [2.24, 2.45) is 0 Å². The van der Waals surface area contributed by atoms with Gasteiger partial charge < -0.3 is 9.84 Å². The number of benzene rings is 1. The third-order valence-corrected chi connectivity index (χ3v) is 4.84. The van der Waals surface area contributed by atoms with Gasteiger partial charge in [-0.05, 0) is 19.1 Å². The third kappa shape index (κ3) is 3.82. The number of hydrogen-bond acceptors (Lipinski definition) is 5. The van der Waals surface area contributed by atoms with E-state index in [1.807, 2.05) is 25.1 Å². The Morgan fingerprint density at radius 1 is 1.50 bits per heavy atom. The Labute approximate surface area is 125 Å². The van der Waals surface area contributed by atoms with Crippen LogP contribution in [0.1, 0.15) is 25.9 Å².